The topological polar surface area (TPSA) is 29.9 Å². The van der Waals surface area contributed by atoms with Crippen LogP contribution in [0.15, 0.2) is 24.9 Å². The smallest absolute Gasteiger partial charge is 0.0762 e. The Morgan fingerprint density at radius 3 is 3.23 bits per heavy atom. The summed E-state index contributed by atoms with van der Waals surface area (Å²) in [5.41, 5.74) is 1.10. The Balaban J connectivity index is 2.38. The largest absolute Gasteiger partial charge is 0.311 e. The van der Waals surface area contributed by atoms with Crippen molar-refractivity contribution in [1.29, 1.82) is 0 Å². The zero-order chi connectivity index (χ0) is 9.52. The first-order valence-electron chi connectivity index (χ1n) is 4.70. The Bertz CT molecular complexity index is 252. The van der Waals surface area contributed by atoms with Crippen LogP contribution in [0.5, 0.6) is 0 Å². The molecule has 3 nitrogen and oxygen atoms in total. The minimum atomic E-state index is 0.859. The average Bonchev–Trinajstić information content (AvgIpc) is 2.59. The lowest BCUT2D eigenvalue weighted by Gasteiger charge is -1.98. The van der Waals surface area contributed by atoms with Crippen LogP contribution in [0.3, 0.4) is 0 Å². The minimum absolute atomic E-state index is 0.859. The van der Waals surface area contributed by atoms with Crippen LogP contribution in [-0.2, 0) is 13.1 Å². The predicted octanol–water partition coefficient (Wildman–Crippen LogP) is 1.57. The first kappa shape index (κ1) is 9.99. The van der Waals surface area contributed by atoms with Gasteiger partial charge in [-0.1, -0.05) is 13.0 Å². The van der Waals surface area contributed by atoms with E-state index in [0.717, 1.165) is 31.7 Å². The molecule has 1 heterocycles. The normalized spacial score (nSPS) is 10.2. The van der Waals surface area contributed by atoms with Crippen LogP contribution < -0.4 is 5.32 Å². The number of nitrogens with zero attached hydrogens (tertiary/aromatic N) is 2. The number of rotatable bonds is 6. The molecule has 0 atom stereocenters. The Morgan fingerprint density at radius 2 is 2.54 bits per heavy atom. The Kier molecular flexibility index (Phi) is 4.26. The van der Waals surface area contributed by atoms with Crippen LogP contribution in [0.4, 0.5) is 0 Å². The van der Waals surface area contributed by atoms with Gasteiger partial charge in [0.05, 0.1) is 5.69 Å². The molecule has 0 aliphatic rings. The second-order valence-electron chi connectivity index (χ2n) is 2.93. The van der Waals surface area contributed by atoms with Gasteiger partial charge in [-0.3, -0.25) is 4.68 Å². The third-order valence-electron chi connectivity index (χ3n) is 1.81. The lowest BCUT2D eigenvalue weighted by atomic mass is 10.4. The van der Waals surface area contributed by atoms with E-state index in [4.69, 9.17) is 0 Å². The first-order valence-corrected chi connectivity index (χ1v) is 4.70. The number of allylic oxidation sites excluding steroid dienone is 1. The van der Waals surface area contributed by atoms with Gasteiger partial charge in [0.15, 0.2) is 0 Å². The summed E-state index contributed by atoms with van der Waals surface area (Å²) in [7, 11) is 0. The molecule has 0 aliphatic heterocycles. The number of hydrogen-bond acceptors (Lipinski definition) is 2. The predicted molar refractivity (Wildman–Crippen MR) is 54.4 cm³/mol. The number of aromatic nitrogens is 2. The van der Waals surface area contributed by atoms with Gasteiger partial charge in [0, 0.05) is 19.3 Å². The molecule has 72 valence electrons. The van der Waals surface area contributed by atoms with Gasteiger partial charge in [-0.15, -0.1) is 6.58 Å². The molecule has 0 unspecified atom stereocenters. The first-order chi connectivity index (χ1) is 6.36. The Labute approximate surface area is 79.5 Å². The molecule has 13 heavy (non-hydrogen) atoms. The highest BCUT2D eigenvalue weighted by molar-refractivity contribution is 4.98. The molecular weight excluding hydrogens is 162 g/mol. The summed E-state index contributed by atoms with van der Waals surface area (Å²) in [6, 6.07) is 2.05. The maximum absolute atomic E-state index is 4.39. The van der Waals surface area contributed by atoms with E-state index in [1.807, 2.05) is 23.0 Å². The SMILES string of the molecule is C=CCCn1ccc(CNCC)n1. The van der Waals surface area contributed by atoms with Crippen LogP contribution in [0.1, 0.15) is 19.0 Å². The van der Waals surface area contributed by atoms with Crippen LogP contribution >= 0.6 is 0 Å². The summed E-state index contributed by atoms with van der Waals surface area (Å²) in [6.45, 7) is 8.54. The molecule has 0 amide bonds. The minimum Gasteiger partial charge on any atom is -0.311 e. The maximum atomic E-state index is 4.39. The van der Waals surface area contributed by atoms with Gasteiger partial charge in [0.25, 0.3) is 0 Å². The van der Waals surface area contributed by atoms with Crippen molar-refractivity contribution in [2.75, 3.05) is 6.54 Å². The maximum Gasteiger partial charge on any atom is 0.0762 e. The number of nitrogens with one attached hydrogen (secondary N) is 1. The van der Waals surface area contributed by atoms with E-state index in [2.05, 4.69) is 23.9 Å². The highest BCUT2D eigenvalue weighted by atomic mass is 15.3. The molecule has 0 saturated heterocycles. The van der Waals surface area contributed by atoms with E-state index in [1.165, 1.54) is 0 Å². The number of hydrogen-bond donors (Lipinski definition) is 1. The van der Waals surface area contributed by atoms with E-state index >= 15 is 0 Å². The van der Waals surface area contributed by atoms with Crippen LogP contribution in [0.2, 0.25) is 0 Å². The molecule has 0 bridgehead atoms. The average molecular weight is 179 g/mol. The molecule has 0 radical (unpaired) electrons. The monoisotopic (exact) mass is 179 g/mol. The second kappa shape index (κ2) is 5.54. The molecule has 0 aromatic carbocycles. The molecule has 0 saturated carbocycles. The van der Waals surface area contributed by atoms with Gasteiger partial charge in [-0.2, -0.15) is 5.10 Å². The molecular formula is C10H17N3. The van der Waals surface area contributed by atoms with Gasteiger partial charge in [-0.25, -0.2) is 0 Å². The van der Waals surface area contributed by atoms with E-state index in [9.17, 15) is 0 Å². The summed E-state index contributed by atoms with van der Waals surface area (Å²) in [6.07, 6.45) is 4.89. The van der Waals surface area contributed by atoms with Crippen molar-refractivity contribution in [1.82, 2.24) is 15.1 Å². The fourth-order valence-corrected chi connectivity index (χ4v) is 1.10. The molecule has 1 aromatic rings. The molecule has 0 fully saturated rings. The van der Waals surface area contributed by atoms with Crippen molar-refractivity contribution in [2.45, 2.75) is 26.4 Å². The molecule has 0 spiro atoms. The van der Waals surface area contributed by atoms with Gasteiger partial charge >= 0.3 is 0 Å². The van der Waals surface area contributed by atoms with Gasteiger partial charge < -0.3 is 5.32 Å². The second-order valence-corrected chi connectivity index (χ2v) is 2.93. The summed E-state index contributed by atoms with van der Waals surface area (Å²) < 4.78 is 1.95. The zero-order valence-corrected chi connectivity index (χ0v) is 8.16. The third kappa shape index (κ3) is 3.42. The van der Waals surface area contributed by atoms with Gasteiger partial charge in [-0.05, 0) is 19.0 Å². The third-order valence-corrected chi connectivity index (χ3v) is 1.81. The standard InChI is InChI=1S/C10H17N3/c1-3-5-7-13-8-6-10(12-13)9-11-4-2/h3,6,8,11H,1,4-5,7,9H2,2H3. The van der Waals surface area contributed by atoms with Crippen LogP contribution in [0.25, 0.3) is 0 Å². The van der Waals surface area contributed by atoms with Crippen molar-refractivity contribution in [3.8, 4) is 0 Å². The van der Waals surface area contributed by atoms with Crippen molar-refractivity contribution in [2.24, 2.45) is 0 Å². The zero-order valence-electron chi connectivity index (χ0n) is 8.16. The van der Waals surface area contributed by atoms with E-state index in [1.54, 1.807) is 0 Å². The highest BCUT2D eigenvalue weighted by Crippen LogP contribution is 1.96. The summed E-state index contributed by atoms with van der Waals surface area (Å²) in [4.78, 5) is 0. The van der Waals surface area contributed by atoms with Gasteiger partial charge in [0.2, 0.25) is 0 Å². The fourth-order valence-electron chi connectivity index (χ4n) is 1.10. The lowest BCUT2D eigenvalue weighted by Crippen LogP contribution is -2.12. The van der Waals surface area contributed by atoms with E-state index < -0.39 is 0 Å². The van der Waals surface area contributed by atoms with Gasteiger partial charge in [0.1, 0.15) is 0 Å². The molecule has 3 heteroatoms. The molecule has 0 aliphatic carbocycles. The van der Waals surface area contributed by atoms with E-state index in [0.29, 0.717) is 0 Å². The molecule has 1 aromatic heterocycles. The highest BCUT2D eigenvalue weighted by Gasteiger charge is 1.96. The molecule has 1 rings (SSSR count). The summed E-state index contributed by atoms with van der Waals surface area (Å²) in [5, 5.41) is 7.63. The Hall–Kier alpha value is -1.09. The van der Waals surface area contributed by atoms with Crippen molar-refractivity contribution < 1.29 is 0 Å². The summed E-state index contributed by atoms with van der Waals surface area (Å²) in [5.74, 6) is 0. The quantitative estimate of drug-likeness (QED) is 0.672. The Morgan fingerprint density at radius 1 is 1.69 bits per heavy atom. The summed E-state index contributed by atoms with van der Waals surface area (Å²) >= 11 is 0. The fraction of sp³-hybridized carbons (Fsp3) is 0.500. The molecule has 1 N–H and O–H groups in total. The number of aryl methyl sites for hydroxylation is 1. The van der Waals surface area contributed by atoms with Crippen molar-refractivity contribution in [3.05, 3.63) is 30.6 Å². The van der Waals surface area contributed by atoms with Crippen LogP contribution in [-0.4, -0.2) is 16.3 Å². The van der Waals surface area contributed by atoms with Crippen molar-refractivity contribution >= 4 is 0 Å². The lowest BCUT2D eigenvalue weighted by molar-refractivity contribution is 0.602. The van der Waals surface area contributed by atoms with Crippen molar-refractivity contribution in [3.63, 3.8) is 0 Å². The van der Waals surface area contributed by atoms with E-state index in [-0.39, 0.29) is 0 Å². The van der Waals surface area contributed by atoms with Crippen LogP contribution in [0, 0.1) is 0 Å².